The molecule has 2 rings (SSSR count). The van der Waals surface area contributed by atoms with E-state index in [2.05, 4.69) is 10.6 Å². The Hall–Kier alpha value is -3.11. The lowest BCUT2D eigenvalue weighted by molar-refractivity contribution is -0.159. The molecule has 30 heavy (non-hydrogen) atoms. The molecular weight excluding hydrogens is 429 g/mol. The van der Waals surface area contributed by atoms with Gasteiger partial charge in [-0.3, -0.25) is 4.79 Å². The van der Waals surface area contributed by atoms with Gasteiger partial charge in [0.2, 0.25) is 5.91 Å². The van der Waals surface area contributed by atoms with E-state index in [1.54, 1.807) is 37.3 Å². The topological polar surface area (TPSA) is 116 Å². The third kappa shape index (κ3) is 8.93. The summed E-state index contributed by atoms with van der Waals surface area (Å²) < 4.78 is 38.0. The van der Waals surface area contributed by atoms with Crippen molar-refractivity contribution in [1.29, 1.82) is 0 Å². The number of hydrogen-bond acceptors (Lipinski definition) is 4. The average Bonchev–Trinajstić information content (AvgIpc) is 2.67. The Morgan fingerprint density at radius 3 is 2.10 bits per heavy atom. The van der Waals surface area contributed by atoms with Crippen molar-refractivity contribution in [2.75, 3.05) is 5.32 Å². The van der Waals surface area contributed by atoms with Gasteiger partial charge in [0.1, 0.15) is 0 Å². The maximum Gasteiger partial charge on any atom is 0.416 e. The predicted molar refractivity (Wildman–Crippen MR) is 103 cm³/mol. The van der Waals surface area contributed by atoms with Gasteiger partial charge in [0.05, 0.1) is 11.6 Å². The molecule has 0 aromatic heterocycles. The standard InChI is InChI=1S/C17H16ClF3N2O.C2H2O4/c1-11(16(24)23-15-7-5-14(18)6-8-15)22-10-12-3-2-4-13(9-12)17(19,20)21;3-1(4)2(5)6/h2-9,11,22H,10H2,1H3,(H,23,24);(H,3,4)(H,5,6). The SMILES string of the molecule is CC(NCc1cccc(C(F)(F)F)c1)C(=O)Nc1ccc(Cl)cc1.O=C(O)C(=O)O. The highest BCUT2D eigenvalue weighted by molar-refractivity contribution is 6.30. The lowest BCUT2D eigenvalue weighted by atomic mass is 10.1. The molecule has 0 radical (unpaired) electrons. The Labute approximate surface area is 174 Å². The van der Waals surface area contributed by atoms with Crippen molar-refractivity contribution in [2.45, 2.75) is 25.7 Å². The molecular formula is C19H18ClF3N2O5. The predicted octanol–water partition coefficient (Wildman–Crippen LogP) is 3.63. The molecule has 4 N–H and O–H groups in total. The van der Waals surface area contributed by atoms with Crippen LogP contribution in [-0.4, -0.2) is 34.1 Å². The molecule has 0 aliphatic heterocycles. The Balaban J connectivity index is 0.000000656. The second kappa shape index (κ2) is 11.2. The summed E-state index contributed by atoms with van der Waals surface area (Å²) >= 11 is 5.77. The Bertz CT molecular complexity index is 876. The summed E-state index contributed by atoms with van der Waals surface area (Å²) in [6.07, 6.45) is -4.38. The molecule has 2 aromatic rings. The van der Waals surface area contributed by atoms with Gasteiger partial charge in [-0.05, 0) is 42.8 Å². The molecule has 0 fully saturated rings. The molecule has 0 saturated heterocycles. The summed E-state index contributed by atoms with van der Waals surface area (Å²) in [4.78, 5) is 30.3. The van der Waals surface area contributed by atoms with Gasteiger partial charge >= 0.3 is 18.1 Å². The molecule has 2 aromatic carbocycles. The van der Waals surface area contributed by atoms with Crippen molar-refractivity contribution in [3.8, 4) is 0 Å². The van der Waals surface area contributed by atoms with Crippen LogP contribution in [0.3, 0.4) is 0 Å². The first-order valence-corrected chi connectivity index (χ1v) is 8.70. The maximum atomic E-state index is 12.7. The second-order valence-electron chi connectivity index (χ2n) is 5.91. The Kier molecular flexibility index (Phi) is 9.28. The third-order valence-electron chi connectivity index (χ3n) is 3.55. The van der Waals surface area contributed by atoms with Gasteiger partial charge in [-0.25, -0.2) is 9.59 Å². The smallest absolute Gasteiger partial charge is 0.416 e. The van der Waals surface area contributed by atoms with Crippen molar-refractivity contribution < 1.29 is 37.8 Å². The molecule has 0 spiro atoms. The van der Waals surface area contributed by atoms with E-state index in [-0.39, 0.29) is 12.5 Å². The minimum atomic E-state index is -4.38. The van der Waals surface area contributed by atoms with Crippen molar-refractivity contribution in [3.63, 3.8) is 0 Å². The van der Waals surface area contributed by atoms with Crippen molar-refractivity contribution in [3.05, 3.63) is 64.7 Å². The van der Waals surface area contributed by atoms with Crippen molar-refractivity contribution in [1.82, 2.24) is 5.32 Å². The summed E-state index contributed by atoms with van der Waals surface area (Å²) in [6.45, 7) is 1.79. The monoisotopic (exact) mass is 446 g/mol. The number of aliphatic carboxylic acids is 2. The van der Waals surface area contributed by atoms with E-state index >= 15 is 0 Å². The van der Waals surface area contributed by atoms with Crippen LogP contribution in [-0.2, 0) is 27.1 Å². The van der Waals surface area contributed by atoms with Crippen LogP contribution in [0, 0.1) is 0 Å². The lowest BCUT2D eigenvalue weighted by Gasteiger charge is -2.15. The summed E-state index contributed by atoms with van der Waals surface area (Å²) in [6, 6.07) is 11.1. The molecule has 0 saturated carbocycles. The fourth-order valence-electron chi connectivity index (χ4n) is 2.00. The number of carbonyl (C=O) groups is 3. The average molecular weight is 447 g/mol. The van der Waals surface area contributed by atoms with E-state index in [0.29, 0.717) is 16.3 Å². The summed E-state index contributed by atoms with van der Waals surface area (Å²) in [5, 5.41) is 20.9. The number of carbonyl (C=O) groups excluding carboxylic acids is 1. The van der Waals surface area contributed by atoms with E-state index in [4.69, 9.17) is 31.4 Å². The molecule has 0 aliphatic carbocycles. The van der Waals surface area contributed by atoms with Gasteiger partial charge in [-0.1, -0.05) is 29.8 Å². The number of amides is 1. The molecule has 1 unspecified atom stereocenters. The Morgan fingerprint density at radius 1 is 1.03 bits per heavy atom. The molecule has 162 valence electrons. The highest BCUT2D eigenvalue weighted by atomic mass is 35.5. The number of benzene rings is 2. The van der Waals surface area contributed by atoms with E-state index in [1.165, 1.54) is 6.07 Å². The van der Waals surface area contributed by atoms with Crippen LogP contribution in [0.4, 0.5) is 18.9 Å². The number of nitrogens with one attached hydrogen (secondary N) is 2. The number of carboxylic acids is 2. The van der Waals surface area contributed by atoms with Gasteiger partial charge in [0.25, 0.3) is 0 Å². The first-order valence-electron chi connectivity index (χ1n) is 8.32. The number of anilines is 1. The van der Waals surface area contributed by atoms with Crippen molar-refractivity contribution >= 4 is 35.1 Å². The number of halogens is 4. The first kappa shape index (κ1) is 24.9. The summed E-state index contributed by atoms with van der Waals surface area (Å²) in [5.74, 6) is -3.94. The van der Waals surface area contributed by atoms with Crippen LogP contribution in [0.5, 0.6) is 0 Å². The van der Waals surface area contributed by atoms with Crippen LogP contribution in [0.2, 0.25) is 5.02 Å². The zero-order valence-corrected chi connectivity index (χ0v) is 16.3. The number of carboxylic acid groups (broad SMARTS) is 2. The zero-order chi connectivity index (χ0) is 22.9. The molecule has 0 heterocycles. The zero-order valence-electron chi connectivity index (χ0n) is 15.5. The lowest BCUT2D eigenvalue weighted by Crippen LogP contribution is -2.37. The number of rotatable bonds is 5. The molecule has 0 bridgehead atoms. The summed E-state index contributed by atoms with van der Waals surface area (Å²) in [5.41, 5.74) is 0.341. The van der Waals surface area contributed by atoms with Crippen LogP contribution >= 0.6 is 11.6 Å². The van der Waals surface area contributed by atoms with Crippen LogP contribution in [0.15, 0.2) is 48.5 Å². The van der Waals surface area contributed by atoms with Crippen LogP contribution < -0.4 is 10.6 Å². The van der Waals surface area contributed by atoms with E-state index in [1.807, 2.05) is 0 Å². The second-order valence-corrected chi connectivity index (χ2v) is 6.34. The summed E-state index contributed by atoms with van der Waals surface area (Å²) in [7, 11) is 0. The largest absolute Gasteiger partial charge is 0.473 e. The fourth-order valence-corrected chi connectivity index (χ4v) is 2.13. The van der Waals surface area contributed by atoms with Gasteiger partial charge in [0.15, 0.2) is 0 Å². The molecule has 11 heteroatoms. The van der Waals surface area contributed by atoms with E-state index in [0.717, 1.165) is 12.1 Å². The third-order valence-corrected chi connectivity index (χ3v) is 3.81. The minimum Gasteiger partial charge on any atom is -0.473 e. The van der Waals surface area contributed by atoms with Gasteiger partial charge in [-0.2, -0.15) is 13.2 Å². The molecule has 7 nitrogen and oxygen atoms in total. The van der Waals surface area contributed by atoms with E-state index < -0.39 is 29.7 Å². The van der Waals surface area contributed by atoms with Gasteiger partial charge < -0.3 is 20.8 Å². The highest BCUT2D eigenvalue weighted by Crippen LogP contribution is 2.29. The van der Waals surface area contributed by atoms with Gasteiger partial charge in [0, 0.05) is 17.3 Å². The molecule has 1 amide bonds. The maximum absolute atomic E-state index is 12.7. The van der Waals surface area contributed by atoms with Crippen LogP contribution in [0.25, 0.3) is 0 Å². The van der Waals surface area contributed by atoms with E-state index in [9.17, 15) is 18.0 Å². The highest BCUT2D eigenvalue weighted by Gasteiger charge is 2.30. The molecule has 1 atom stereocenters. The Morgan fingerprint density at radius 2 is 1.60 bits per heavy atom. The van der Waals surface area contributed by atoms with Crippen LogP contribution in [0.1, 0.15) is 18.1 Å². The fraction of sp³-hybridized carbons (Fsp3) is 0.211. The first-order chi connectivity index (χ1) is 13.9. The number of hydrogen-bond donors (Lipinski definition) is 4. The quantitative estimate of drug-likeness (QED) is 0.521. The van der Waals surface area contributed by atoms with Gasteiger partial charge in [-0.15, -0.1) is 0 Å². The van der Waals surface area contributed by atoms with Crippen molar-refractivity contribution in [2.24, 2.45) is 0 Å². The number of alkyl halides is 3. The normalized spacial score (nSPS) is 11.6. The molecule has 0 aliphatic rings. The minimum absolute atomic E-state index is 0.152.